The first-order chi connectivity index (χ1) is 4.34. The first-order valence-corrected chi connectivity index (χ1v) is 3.37. The van der Waals surface area contributed by atoms with Gasteiger partial charge in [0.1, 0.15) is 0 Å². The second-order valence-electron chi connectivity index (χ2n) is 2.40. The van der Waals surface area contributed by atoms with Crippen molar-refractivity contribution in [3.05, 3.63) is 26.0 Å². The number of hydrogen-bond donors (Lipinski definition) is 1. The van der Waals surface area contributed by atoms with Gasteiger partial charge in [-0.05, 0) is 6.04 Å². The van der Waals surface area contributed by atoms with Crippen molar-refractivity contribution in [3.63, 3.8) is 0 Å². The van der Waals surface area contributed by atoms with Crippen molar-refractivity contribution in [1.29, 1.82) is 0 Å². The minimum atomic E-state index is 0. The van der Waals surface area contributed by atoms with Crippen LogP contribution < -0.4 is 5.32 Å². The summed E-state index contributed by atoms with van der Waals surface area (Å²) in [5.74, 6) is 0.413. The SMILES string of the molecule is [CH2-]CC1NCC=CC1[CH2-].[Y]. The van der Waals surface area contributed by atoms with Crippen LogP contribution in [0.1, 0.15) is 6.42 Å². The molecule has 0 saturated heterocycles. The van der Waals surface area contributed by atoms with Gasteiger partial charge in [-0.1, -0.05) is 6.08 Å². The van der Waals surface area contributed by atoms with Crippen molar-refractivity contribution in [2.75, 3.05) is 6.54 Å². The van der Waals surface area contributed by atoms with Crippen LogP contribution in [-0.4, -0.2) is 12.6 Å². The van der Waals surface area contributed by atoms with Crippen molar-refractivity contribution in [3.8, 4) is 0 Å². The number of rotatable bonds is 1. The van der Waals surface area contributed by atoms with E-state index in [2.05, 4.69) is 31.3 Å². The van der Waals surface area contributed by atoms with Crippen LogP contribution in [0.4, 0.5) is 0 Å². The minimum absolute atomic E-state index is 0. The van der Waals surface area contributed by atoms with Gasteiger partial charge in [-0.25, -0.2) is 0 Å². The maximum atomic E-state index is 3.96. The Hall–Kier alpha value is 0.804. The first-order valence-electron chi connectivity index (χ1n) is 3.37. The molecule has 55 valence electrons. The molecule has 1 aliphatic heterocycles. The summed E-state index contributed by atoms with van der Waals surface area (Å²) < 4.78 is 0. The van der Waals surface area contributed by atoms with E-state index in [0.29, 0.717) is 12.0 Å². The monoisotopic (exact) mass is 212 g/mol. The molecule has 0 saturated carbocycles. The molecule has 1 rings (SSSR count). The molecule has 1 aliphatic rings. The Bertz CT molecular complexity index is 112. The smallest absolute Gasteiger partial charge is 0.0134 e. The standard InChI is InChI=1S/C8H13N.Y/c1-3-8-7(2)5-4-6-9-8;/h4-5,7-9H,1-3,6H2;/q-2;. The largest absolute Gasteiger partial charge is 0.342 e. The summed E-state index contributed by atoms with van der Waals surface area (Å²) >= 11 is 0. The van der Waals surface area contributed by atoms with Crippen molar-refractivity contribution < 1.29 is 32.7 Å². The molecule has 2 unspecified atom stereocenters. The zero-order chi connectivity index (χ0) is 6.69. The van der Waals surface area contributed by atoms with E-state index in [0.717, 1.165) is 13.0 Å². The predicted octanol–water partition coefficient (Wildman–Crippen LogP) is 1.19. The Morgan fingerprint density at radius 2 is 2.30 bits per heavy atom. The van der Waals surface area contributed by atoms with Gasteiger partial charge in [0.25, 0.3) is 0 Å². The summed E-state index contributed by atoms with van der Waals surface area (Å²) in [5, 5.41) is 3.31. The Morgan fingerprint density at radius 1 is 1.60 bits per heavy atom. The molecule has 0 spiro atoms. The Balaban J connectivity index is 0.000000810. The van der Waals surface area contributed by atoms with Crippen molar-refractivity contribution in [2.45, 2.75) is 12.5 Å². The van der Waals surface area contributed by atoms with E-state index in [-0.39, 0.29) is 32.7 Å². The molecule has 0 aromatic heterocycles. The van der Waals surface area contributed by atoms with E-state index in [4.69, 9.17) is 0 Å². The molecule has 2 atom stereocenters. The zero-order valence-electron chi connectivity index (χ0n) is 6.22. The molecule has 1 N–H and O–H groups in total. The molecule has 2 heteroatoms. The average Bonchev–Trinajstić information content (AvgIpc) is 1.89. The van der Waals surface area contributed by atoms with Crippen LogP contribution in [-0.2, 0) is 32.7 Å². The zero-order valence-corrected chi connectivity index (χ0v) is 9.05. The van der Waals surface area contributed by atoms with Crippen LogP contribution >= 0.6 is 0 Å². The van der Waals surface area contributed by atoms with Gasteiger partial charge in [0.05, 0.1) is 0 Å². The average molecular weight is 212 g/mol. The molecule has 1 heterocycles. The van der Waals surface area contributed by atoms with Crippen LogP contribution in [0.15, 0.2) is 12.2 Å². The Morgan fingerprint density at radius 3 is 2.70 bits per heavy atom. The number of nitrogens with one attached hydrogen (secondary N) is 1. The minimum Gasteiger partial charge on any atom is -0.342 e. The Labute approximate surface area is 88.5 Å². The summed E-state index contributed by atoms with van der Waals surface area (Å²) in [6, 6.07) is 0.495. The molecule has 1 radical (unpaired) electrons. The third kappa shape index (κ3) is 2.81. The van der Waals surface area contributed by atoms with Gasteiger partial charge in [0.15, 0.2) is 0 Å². The molecule has 1 nitrogen and oxygen atoms in total. The molecule has 0 amide bonds. The Kier molecular flexibility index (Phi) is 5.89. The topological polar surface area (TPSA) is 12.0 Å². The van der Waals surface area contributed by atoms with Crippen molar-refractivity contribution >= 4 is 0 Å². The van der Waals surface area contributed by atoms with Crippen LogP contribution in [0.5, 0.6) is 0 Å². The fourth-order valence-electron chi connectivity index (χ4n) is 1.06. The molecular formula is C8H13NY-2. The van der Waals surface area contributed by atoms with Gasteiger partial charge in [0, 0.05) is 39.3 Å². The van der Waals surface area contributed by atoms with E-state index in [1.807, 2.05) is 0 Å². The molecule has 0 aliphatic carbocycles. The maximum absolute atomic E-state index is 3.96. The summed E-state index contributed by atoms with van der Waals surface area (Å²) in [4.78, 5) is 0. The van der Waals surface area contributed by atoms with Crippen LogP contribution in [0.3, 0.4) is 0 Å². The fourth-order valence-corrected chi connectivity index (χ4v) is 1.06. The van der Waals surface area contributed by atoms with E-state index < -0.39 is 0 Å². The quantitative estimate of drug-likeness (QED) is 0.508. The summed E-state index contributed by atoms with van der Waals surface area (Å²) in [6.07, 6.45) is 5.19. The van der Waals surface area contributed by atoms with E-state index in [9.17, 15) is 0 Å². The van der Waals surface area contributed by atoms with Gasteiger partial charge in [-0.15, -0.1) is 12.0 Å². The molecule has 0 fully saturated rings. The number of hydrogen-bond acceptors (Lipinski definition) is 1. The van der Waals surface area contributed by atoms with Gasteiger partial charge < -0.3 is 19.2 Å². The predicted molar refractivity (Wildman–Crippen MR) is 39.8 cm³/mol. The summed E-state index contributed by atoms with van der Waals surface area (Å²) in [5.41, 5.74) is 0. The third-order valence-electron chi connectivity index (χ3n) is 1.71. The second kappa shape index (κ2) is 5.45. The molecule has 0 bridgehead atoms. The molecule has 10 heavy (non-hydrogen) atoms. The van der Waals surface area contributed by atoms with E-state index in [1.165, 1.54) is 0 Å². The molecule has 0 aromatic rings. The van der Waals surface area contributed by atoms with Crippen molar-refractivity contribution in [1.82, 2.24) is 5.32 Å². The van der Waals surface area contributed by atoms with E-state index >= 15 is 0 Å². The van der Waals surface area contributed by atoms with E-state index in [1.54, 1.807) is 0 Å². The van der Waals surface area contributed by atoms with Crippen LogP contribution in [0.2, 0.25) is 0 Å². The van der Waals surface area contributed by atoms with Crippen LogP contribution in [0.25, 0.3) is 0 Å². The van der Waals surface area contributed by atoms with Gasteiger partial charge in [0.2, 0.25) is 0 Å². The van der Waals surface area contributed by atoms with Gasteiger partial charge >= 0.3 is 0 Å². The van der Waals surface area contributed by atoms with Crippen LogP contribution in [0, 0.1) is 19.8 Å². The maximum Gasteiger partial charge on any atom is 0.0134 e. The summed E-state index contributed by atoms with van der Waals surface area (Å²) in [7, 11) is 0. The third-order valence-corrected chi connectivity index (χ3v) is 1.71. The second-order valence-corrected chi connectivity index (χ2v) is 2.40. The van der Waals surface area contributed by atoms with Crippen molar-refractivity contribution in [2.24, 2.45) is 5.92 Å². The first kappa shape index (κ1) is 10.8. The molecule has 0 aromatic carbocycles. The summed E-state index contributed by atoms with van der Waals surface area (Å²) in [6.45, 7) is 8.76. The molecular weight excluding hydrogens is 199 g/mol. The van der Waals surface area contributed by atoms with Gasteiger partial charge in [-0.2, -0.15) is 6.42 Å². The normalized spacial score (nSPS) is 31.4. The van der Waals surface area contributed by atoms with Gasteiger partial charge in [-0.3, -0.25) is 0 Å². The fraction of sp³-hybridized carbons (Fsp3) is 0.500.